The van der Waals surface area contributed by atoms with Crippen molar-refractivity contribution in [3.05, 3.63) is 36.3 Å². The van der Waals surface area contributed by atoms with Crippen LogP contribution >= 0.6 is 11.8 Å². The number of halogens is 1. The molecule has 1 amide bonds. The summed E-state index contributed by atoms with van der Waals surface area (Å²) in [5.74, 6) is 0.136. The molecule has 0 unspecified atom stereocenters. The van der Waals surface area contributed by atoms with Crippen molar-refractivity contribution < 1.29 is 17.6 Å². The minimum Gasteiger partial charge on any atom is -0.335 e. The second-order valence-electron chi connectivity index (χ2n) is 7.69. The molecule has 6 nitrogen and oxygen atoms in total. The fourth-order valence-electron chi connectivity index (χ4n) is 4.24. The lowest BCUT2D eigenvalue weighted by Crippen LogP contribution is -2.47. The van der Waals surface area contributed by atoms with Gasteiger partial charge in [0.2, 0.25) is 5.91 Å². The van der Waals surface area contributed by atoms with Crippen molar-refractivity contribution in [3.63, 3.8) is 0 Å². The van der Waals surface area contributed by atoms with Gasteiger partial charge in [0.1, 0.15) is 5.82 Å². The number of amides is 1. The van der Waals surface area contributed by atoms with Crippen LogP contribution in [0.25, 0.3) is 11.3 Å². The van der Waals surface area contributed by atoms with Crippen molar-refractivity contribution in [2.45, 2.75) is 49.3 Å². The Bertz CT molecular complexity index is 969. The van der Waals surface area contributed by atoms with Crippen LogP contribution in [0.4, 0.5) is 4.39 Å². The summed E-state index contributed by atoms with van der Waals surface area (Å²) in [4.78, 5) is 22.4. The number of aromatic nitrogens is 2. The number of benzene rings is 1. The quantitative estimate of drug-likeness (QED) is 0.702. The first-order chi connectivity index (χ1) is 13.9. The summed E-state index contributed by atoms with van der Waals surface area (Å²) < 4.78 is 37.0. The van der Waals surface area contributed by atoms with Gasteiger partial charge in [0, 0.05) is 12.1 Å². The number of sulfone groups is 1. The van der Waals surface area contributed by atoms with Gasteiger partial charge in [-0.3, -0.25) is 4.79 Å². The summed E-state index contributed by atoms with van der Waals surface area (Å²) in [6, 6.07) is 6.06. The highest BCUT2D eigenvalue weighted by Crippen LogP contribution is 2.30. The van der Waals surface area contributed by atoms with Crippen LogP contribution in [0.5, 0.6) is 0 Å². The van der Waals surface area contributed by atoms with E-state index < -0.39 is 9.84 Å². The molecule has 1 atom stereocenters. The summed E-state index contributed by atoms with van der Waals surface area (Å²) in [6.45, 7) is 0. The van der Waals surface area contributed by atoms with E-state index in [1.54, 1.807) is 18.3 Å². The Labute approximate surface area is 174 Å². The molecule has 1 N–H and O–H groups in total. The molecule has 0 bridgehead atoms. The number of rotatable bonds is 6. The predicted molar refractivity (Wildman–Crippen MR) is 111 cm³/mol. The van der Waals surface area contributed by atoms with E-state index >= 15 is 0 Å². The van der Waals surface area contributed by atoms with Gasteiger partial charge in [-0.05, 0) is 49.1 Å². The minimum atomic E-state index is -3.05. The number of nitrogens with zero attached hydrogens (tertiary/aromatic N) is 2. The Morgan fingerprint density at radius 3 is 2.55 bits per heavy atom. The lowest BCUT2D eigenvalue weighted by Gasteiger charge is -2.34. The Kier molecular flexibility index (Phi) is 5.96. The number of thioether (sulfide) groups is 1. The second-order valence-corrected chi connectivity index (χ2v) is 10.9. The molecule has 2 heterocycles. The monoisotopic (exact) mass is 437 g/mol. The van der Waals surface area contributed by atoms with Crippen LogP contribution < -0.4 is 0 Å². The van der Waals surface area contributed by atoms with E-state index in [1.165, 1.54) is 23.9 Å². The second kappa shape index (κ2) is 8.47. The fraction of sp³-hybridized carbons (Fsp3) is 0.500. The average molecular weight is 438 g/mol. The van der Waals surface area contributed by atoms with E-state index in [-0.39, 0.29) is 41.1 Å². The van der Waals surface area contributed by atoms with Crippen LogP contribution in [0.3, 0.4) is 0 Å². The predicted octanol–water partition coefficient (Wildman–Crippen LogP) is 3.27. The summed E-state index contributed by atoms with van der Waals surface area (Å²) in [5, 5.41) is 0.614. The van der Waals surface area contributed by atoms with Crippen LogP contribution in [-0.2, 0) is 14.6 Å². The zero-order valence-electron chi connectivity index (χ0n) is 16.0. The molecule has 2 fully saturated rings. The van der Waals surface area contributed by atoms with Crippen LogP contribution in [0, 0.1) is 5.82 Å². The third-order valence-corrected chi connectivity index (χ3v) is 8.27. The van der Waals surface area contributed by atoms with Gasteiger partial charge in [-0.1, -0.05) is 24.6 Å². The van der Waals surface area contributed by atoms with Gasteiger partial charge in [-0.15, -0.1) is 0 Å². The van der Waals surface area contributed by atoms with E-state index in [1.807, 2.05) is 4.90 Å². The topological polar surface area (TPSA) is 83.1 Å². The van der Waals surface area contributed by atoms with E-state index in [0.29, 0.717) is 11.6 Å². The normalized spacial score (nSPS) is 21.5. The maximum Gasteiger partial charge on any atom is 0.233 e. The maximum absolute atomic E-state index is 13.1. The Morgan fingerprint density at radius 2 is 1.90 bits per heavy atom. The average Bonchev–Trinajstić information content (AvgIpc) is 3.43. The van der Waals surface area contributed by atoms with Gasteiger partial charge in [0.25, 0.3) is 0 Å². The number of carbonyl (C=O) groups is 1. The van der Waals surface area contributed by atoms with E-state index in [0.717, 1.165) is 36.9 Å². The maximum atomic E-state index is 13.1. The summed E-state index contributed by atoms with van der Waals surface area (Å²) >= 11 is 1.31. The molecule has 2 aromatic rings. The number of hydrogen-bond acceptors (Lipinski definition) is 5. The molecule has 1 saturated heterocycles. The Morgan fingerprint density at radius 1 is 1.17 bits per heavy atom. The molecule has 1 aromatic carbocycles. The Hall–Kier alpha value is -1.87. The molecule has 1 saturated carbocycles. The van der Waals surface area contributed by atoms with E-state index in [9.17, 15) is 17.6 Å². The van der Waals surface area contributed by atoms with Gasteiger partial charge >= 0.3 is 0 Å². The first-order valence-electron chi connectivity index (χ1n) is 9.86. The number of imidazole rings is 1. The number of carbonyl (C=O) groups excluding carboxylic acids is 1. The molecule has 1 aromatic heterocycles. The zero-order chi connectivity index (χ0) is 20.4. The molecule has 1 aliphatic heterocycles. The van der Waals surface area contributed by atoms with E-state index in [4.69, 9.17) is 0 Å². The number of H-pyrrole nitrogens is 1. The minimum absolute atomic E-state index is 0.0243. The SMILES string of the molecule is O=C(CSc1ncc(-c2ccc(F)cc2)[nH]1)N(C1CCCC1)[C@@H]1CCS(=O)(=O)C1. The molecule has 2 aliphatic rings. The first kappa shape index (κ1) is 20.4. The van der Waals surface area contributed by atoms with Gasteiger partial charge in [-0.25, -0.2) is 17.8 Å². The highest BCUT2D eigenvalue weighted by molar-refractivity contribution is 7.99. The zero-order valence-corrected chi connectivity index (χ0v) is 17.6. The van der Waals surface area contributed by atoms with Crippen molar-refractivity contribution in [2.75, 3.05) is 17.3 Å². The molecule has 0 radical (unpaired) electrons. The van der Waals surface area contributed by atoms with Crippen LogP contribution in [-0.4, -0.2) is 58.5 Å². The van der Waals surface area contributed by atoms with Crippen LogP contribution in [0.2, 0.25) is 0 Å². The number of aromatic amines is 1. The molecular weight excluding hydrogens is 413 g/mol. The van der Waals surface area contributed by atoms with Crippen molar-refractivity contribution in [1.82, 2.24) is 14.9 Å². The third-order valence-electron chi connectivity index (χ3n) is 5.65. The van der Waals surface area contributed by atoms with Crippen LogP contribution in [0.15, 0.2) is 35.6 Å². The number of nitrogens with one attached hydrogen (secondary N) is 1. The third kappa shape index (κ3) is 4.83. The van der Waals surface area contributed by atoms with Crippen molar-refractivity contribution in [2.24, 2.45) is 0 Å². The summed E-state index contributed by atoms with van der Waals surface area (Å²) in [5.41, 5.74) is 1.58. The van der Waals surface area contributed by atoms with Gasteiger partial charge in [0.05, 0.1) is 29.1 Å². The standard InChI is InChI=1S/C20H24FN3O3S2/c21-15-7-5-14(6-8-15)18-11-22-20(23-18)28-12-19(25)24(16-3-1-2-4-16)17-9-10-29(26,27)13-17/h5-8,11,16-17H,1-4,9-10,12-13H2,(H,22,23)/t17-/m1/s1. The summed E-state index contributed by atoms with van der Waals surface area (Å²) in [7, 11) is -3.05. The van der Waals surface area contributed by atoms with Crippen molar-refractivity contribution in [3.8, 4) is 11.3 Å². The van der Waals surface area contributed by atoms with Gasteiger partial charge in [-0.2, -0.15) is 0 Å². The molecule has 29 heavy (non-hydrogen) atoms. The Balaban J connectivity index is 1.42. The lowest BCUT2D eigenvalue weighted by molar-refractivity contribution is -0.132. The fourth-order valence-corrected chi connectivity index (χ4v) is 6.67. The van der Waals surface area contributed by atoms with Crippen molar-refractivity contribution in [1.29, 1.82) is 0 Å². The summed E-state index contributed by atoms with van der Waals surface area (Å²) in [6.07, 6.45) is 6.26. The molecule has 1 aliphatic carbocycles. The molecular formula is C20H24FN3O3S2. The molecule has 9 heteroatoms. The van der Waals surface area contributed by atoms with Gasteiger partial charge in [0.15, 0.2) is 15.0 Å². The number of hydrogen-bond donors (Lipinski definition) is 1. The lowest BCUT2D eigenvalue weighted by atomic mass is 10.1. The largest absolute Gasteiger partial charge is 0.335 e. The highest BCUT2D eigenvalue weighted by atomic mass is 32.2. The molecule has 4 rings (SSSR count). The smallest absolute Gasteiger partial charge is 0.233 e. The highest BCUT2D eigenvalue weighted by Gasteiger charge is 2.38. The van der Waals surface area contributed by atoms with Crippen molar-refractivity contribution >= 4 is 27.5 Å². The van der Waals surface area contributed by atoms with E-state index in [2.05, 4.69) is 9.97 Å². The molecule has 0 spiro atoms. The first-order valence-corrected chi connectivity index (χ1v) is 12.7. The van der Waals surface area contributed by atoms with Crippen LogP contribution in [0.1, 0.15) is 32.1 Å². The van der Waals surface area contributed by atoms with Gasteiger partial charge < -0.3 is 9.88 Å². The molecule has 156 valence electrons.